The monoisotopic (exact) mass is 497 g/mol. The van der Waals surface area contributed by atoms with Gasteiger partial charge in [-0.25, -0.2) is 4.42 Å². The van der Waals surface area contributed by atoms with Crippen molar-refractivity contribution in [1.82, 2.24) is 0 Å². The van der Waals surface area contributed by atoms with Gasteiger partial charge in [-0.05, 0) is 32.9 Å². The largest absolute Gasteiger partial charge is 0.497 e. The molecule has 0 saturated heterocycles. The molecule has 33 heavy (non-hydrogen) atoms. The number of rotatable bonds is 11. The minimum absolute atomic E-state index is 0.162. The van der Waals surface area contributed by atoms with Crippen molar-refractivity contribution in [2.24, 2.45) is 10.2 Å². The van der Waals surface area contributed by atoms with E-state index in [9.17, 15) is 9.59 Å². The van der Waals surface area contributed by atoms with E-state index in [-0.39, 0.29) is 22.1 Å². The summed E-state index contributed by atoms with van der Waals surface area (Å²) < 4.78 is 22.3. The highest BCUT2D eigenvalue weighted by Crippen LogP contribution is 2.43. The number of carbonyl (C=O) groups excluding carboxylic acids is 2. The lowest BCUT2D eigenvalue weighted by Crippen LogP contribution is -2.36. The number of benzene rings is 2. The number of hydrogen-bond acceptors (Lipinski definition) is 8. The predicted octanol–water partition coefficient (Wildman–Crippen LogP) is 5.38. The average Bonchev–Trinajstić information content (AvgIpc) is 2.81. The summed E-state index contributed by atoms with van der Waals surface area (Å²) in [7, 11) is 2.92. The number of ether oxygens (including phenoxy) is 4. The molecule has 0 aliphatic carbocycles. The Morgan fingerprint density at radius 2 is 1.64 bits per heavy atom. The second-order valence-electron chi connectivity index (χ2n) is 6.51. The topological polar surface area (TPSA) is 99.0 Å². The number of halogens is 2. The Hall–Kier alpha value is -3.04. The van der Waals surface area contributed by atoms with E-state index < -0.39 is 17.7 Å². The van der Waals surface area contributed by atoms with E-state index >= 15 is 0 Å². The average molecular weight is 498 g/mol. The summed E-state index contributed by atoms with van der Waals surface area (Å²) in [4.78, 5) is 25.3. The van der Waals surface area contributed by atoms with Crippen molar-refractivity contribution < 1.29 is 28.5 Å². The van der Waals surface area contributed by atoms with Crippen LogP contribution in [0.25, 0.3) is 0 Å². The summed E-state index contributed by atoms with van der Waals surface area (Å²) >= 11 is 12.5. The summed E-state index contributed by atoms with van der Waals surface area (Å²) in [5.74, 6) is -0.00717. The van der Waals surface area contributed by atoms with Crippen LogP contribution in [0.1, 0.15) is 20.8 Å². The maximum Gasteiger partial charge on any atom is 0.276 e. The van der Waals surface area contributed by atoms with Crippen molar-refractivity contribution in [3.05, 3.63) is 35.4 Å². The molecule has 1 atom stereocenters. The third-order valence-corrected chi connectivity index (χ3v) is 4.94. The number of ketones is 1. The first kappa shape index (κ1) is 26.2. The zero-order chi connectivity index (χ0) is 24.5. The molecule has 0 N–H and O–H groups in total. The normalized spacial score (nSPS) is 11.7. The molecule has 178 valence electrons. The fraction of sp³-hybridized carbons (Fsp3) is 0.364. The van der Waals surface area contributed by atoms with Crippen LogP contribution < -0.4 is 23.4 Å². The third kappa shape index (κ3) is 6.49. The van der Waals surface area contributed by atoms with Gasteiger partial charge in [-0.15, -0.1) is 5.11 Å². The number of azo groups is 1. The zero-order valence-corrected chi connectivity index (χ0v) is 20.4. The van der Waals surface area contributed by atoms with E-state index in [1.54, 1.807) is 32.0 Å². The molecule has 1 unspecified atom stereocenters. The Bertz CT molecular complexity index is 1010. The fourth-order valence-electron chi connectivity index (χ4n) is 2.74. The van der Waals surface area contributed by atoms with Gasteiger partial charge in [0.15, 0.2) is 23.0 Å². The summed E-state index contributed by atoms with van der Waals surface area (Å²) in [6.07, 6.45) is 0. The maximum absolute atomic E-state index is 13.0. The van der Waals surface area contributed by atoms with Crippen molar-refractivity contribution in [1.29, 1.82) is 0 Å². The van der Waals surface area contributed by atoms with Crippen LogP contribution in [0.2, 0.25) is 5.02 Å². The first-order valence-corrected chi connectivity index (χ1v) is 10.7. The standard InChI is InChI=1S/C22H25Cl2N3O6/c1-6-32-18-9-8-17(23)21(33-7-2)20(18)26-25-19(13(3)28)22(29)27(24)14-10-15(30-4)12-16(11-14)31-5/h8-12,19H,6-7H2,1-5H3. The molecule has 0 fully saturated rings. The Balaban J connectivity index is 2.45. The van der Waals surface area contributed by atoms with Crippen LogP contribution in [0, 0.1) is 0 Å². The fourth-order valence-corrected chi connectivity index (χ4v) is 3.13. The Morgan fingerprint density at radius 3 is 2.15 bits per heavy atom. The van der Waals surface area contributed by atoms with E-state index in [2.05, 4.69) is 10.2 Å². The van der Waals surface area contributed by atoms with Gasteiger partial charge in [0.25, 0.3) is 5.91 Å². The van der Waals surface area contributed by atoms with Crippen molar-refractivity contribution in [2.75, 3.05) is 31.9 Å². The molecule has 0 aliphatic heterocycles. The number of methoxy groups -OCH3 is 2. The van der Waals surface area contributed by atoms with E-state index in [0.717, 1.165) is 4.42 Å². The highest BCUT2D eigenvalue weighted by atomic mass is 35.5. The Kier molecular flexibility index (Phi) is 9.74. The van der Waals surface area contributed by atoms with Crippen molar-refractivity contribution in [2.45, 2.75) is 26.8 Å². The molecule has 11 heteroatoms. The molecule has 0 bridgehead atoms. The van der Waals surface area contributed by atoms with E-state index in [1.165, 1.54) is 33.3 Å². The van der Waals surface area contributed by atoms with Crippen LogP contribution in [0.4, 0.5) is 11.4 Å². The Labute approximate surface area is 202 Å². The highest BCUT2D eigenvalue weighted by molar-refractivity contribution is 6.39. The van der Waals surface area contributed by atoms with Gasteiger partial charge >= 0.3 is 0 Å². The van der Waals surface area contributed by atoms with Crippen molar-refractivity contribution in [3.63, 3.8) is 0 Å². The molecule has 0 spiro atoms. The minimum Gasteiger partial charge on any atom is -0.497 e. The zero-order valence-electron chi connectivity index (χ0n) is 18.9. The second kappa shape index (κ2) is 12.3. The van der Waals surface area contributed by atoms with Crippen LogP contribution in [-0.2, 0) is 9.59 Å². The number of Topliss-reactive ketones (excluding diaryl/α,β-unsaturated/α-hetero) is 1. The van der Waals surface area contributed by atoms with Crippen LogP contribution in [-0.4, -0.2) is 45.2 Å². The Morgan fingerprint density at radius 1 is 1.03 bits per heavy atom. The number of anilines is 1. The van der Waals surface area contributed by atoms with Crippen LogP contribution in [0.5, 0.6) is 23.0 Å². The number of hydrogen-bond donors (Lipinski definition) is 0. The van der Waals surface area contributed by atoms with Gasteiger partial charge in [0, 0.05) is 30.0 Å². The van der Waals surface area contributed by atoms with E-state index in [1.807, 2.05) is 0 Å². The number of nitrogens with zero attached hydrogens (tertiary/aromatic N) is 3. The molecule has 1 amide bonds. The van der Waals surface area contributed by atoms with Gasteiger partial charge in [-0.1, -0.05) is 11.6 Å². The van der Waals surface area contributed by atoms with Gasteiger partial charge < -0.3 is 18.9 Å². The lowest BCUT2D eigenvalue weighted by atomic mass is 10.2. The van der Waals surface area contributed by atoms with E-state index in [0.29, 0.717) is 30.5 Å². The van der Waals surface area contributed by atoms with Crippen LogP contribution in [0.3, 0.4) is 0 Å². The summed E-state index contributed by atoms with van der Waals surface area (Å²) in [5.41, 5.74) is 0.390. The van der Waals surface area contributed by atoms with Crippen LogP contribution in [0.15, 0.2) is 40.6 Å². The molecular weight excluding hydrogens is 473 g/mol. The number of amides is 1. The molecule has 0 saturated carbocycles. The van der Waals surface area contributed by atoms with Gasteiger partial charge in [-0.3, -0.25) is 9.59 Å². The second-order valence-corrected chi connectivity index (χ2v) is 7.25. The molecule has 2 aromatic carbocycles. The quantitative estimate of drug-likeness (QED) is 0.234. The number of carbonyl (C=O) groups is 2. The molecule has 2 rings (SSSR count). The predicted molar refractivity (Wildman–Crippen MR) is 126 cm³/mol. The van der Waals surface area contributed by atoms with E-state index in [4.69, 9.17) is 42.3 Å². The summed E-state index contributed by atoms with van der Waals surface area (Å²) in [6, 6.07) is 6.32. The van der Waals surface area contributed by atoms with Gasteiger partial charge in [0.05, 0.1) is 38.1 Å². The first-order valence-electron chi connectivity index (χ1n) is 9.99. The third-order valence-electron chi connectivity index (χ3n) is 4.28. The van der Waals surface area contributed by atoms with Gasteiger partial charge in [0.2, 0.25) is 6.04 Å². The van der Waals surface area contributed by atoms with Crippen molar-refractivity contribution >= 4 is 46.4 Å². The smallest absolute Gasteiger partial charge is 0.276 e. The molecule has 0 aliphatic rings. The van der Waals surface area contributed by atoms with Gasteiger partial charge in [-0.2, -0.15) is 5.11 Å². The SMILES string of the molecule is CCOc1ccc(Cl)c(OCC)c1N=NC(C(C)=O)C(=O)N(Cl)c1cc(OC)cc(OC)c1. The molecule has 9 nitrogen and oxygen atoms in total. The van der Waals surface area contributed by atoms with Crippen LogP contribution >= 0.6 is 23.4 Å². The van der Waals surface area contributed by atoms with Crippen molar-refractivity contribution in [3.8, 4) is 23.0 Å². The highest BCUT2D eigenvalue weighted by Gasteiger charge is 2.30. The molecule has 0 radical (unpaired) electrons. The minimum atomic E-state index is -1.53. The summed E-state index contributed by atoms with van der Waals surface area (Å²) in [5, 5.41) is 8.36. The lowest BCUT2D eigenvalue weighted by molar-refractivity contribution is -0.126. The first-order chi connectivity index (χ1) is 15.8. The van der Waals surface area contributed by atoms with Gasteiger partial charge in [0.1, 0.15) is 11.5 Å². The lowest BCUT2D eigenvalue weighted by Gasteiger charge is -2.18. The maximum atomic E-state index is 13.0. The molecular formula is C22H25Cl2N3O6. The summed E-state index contributed by atoms with van der Waals surface area (Å²) in [6.45, 7) is 5.44. The molecule has 0 heterocycles. The molecule has 0 aromatic heterocycles. The molecule has 2 aromatic rings.